The number of thioether (sulfide) groups is 1. The molecule has 0 spiro atoms. The van der Waals surface area contributed by atoms with E-state index in [4.69, 9.17) is 15.2 Å². The van der Waals surface area contributed by atoms with Crippen LogP contribution in [0.15, 0.2) is 70.9 Å². The van der Waals surface area contributed by atoms with Gasteiger partial charge in [-0.2, -0.15) is 0 Å². The lowest BCUT2D eigenvalue weighted by molar-refractivity contribution is -0.384. The van der Waals surface area contributed by atoms with Gasteiger partial charge in [0.2, 0.25) is 5.12 Å². The Morgan fingerprint density at radius 3 is 2.41 bits per heavy atom. The minimum absolute atomic E-state index is 0.00617. The van der Waals surface area contributed by atoms with Crippen molar-refractivity contribution in [1.82, 2.24) is 0 Å². The molecule has 0 saturated carbocycles. The molecule has 0 amide bonds. The van der Waals surface area contributed by atoms with Crippen LogP contribution in [0.5, 0.6) is 0 Å². The van der Waals surface area contributed by atoms with E-state index < -0.39 is 34.7 Å². The van der Waals surface area contributed by atoms with Crippen LogP contribution in [0.3, 0.4) is 0 Å². The molecule has 0 aliphatic carbocycles. The normalized spacial score (nSPS) is 17.7. The van der Waals surface area contributed by atoms with Crippen molar-refractivity contribution in [3.05, 3.63) is 87.1 Å². The van der Waals surface area contributed by atoms with E-state index in [2.05, 4.69) is 4.99 Å². The molecule has 3 atom stereocenters. The van der Waals surface area contributed by atoms with Crippen molar-refractivity contribution in [2.24, 2.45) is 16.6 Å². The average molecular weight is 554 g/mol. The molecule has 0 bridgehead atoms. The maximum Gasteiger partial charge on any atom is 0.336 e. The van der Waals surface area contributed by atoms with Gasteiger partial charge in [0.25, 0.3) is 5.69 Å². The number of hydrogen-bond acceptors (Lipinski definition) is 10. The summed E-state index contributed by atoms with van der Waals surface area (Å²) in [6.07, 6.45) is 0.347. The van der Waals surface area contributed by atoms with Crippen molar-refractivity contribution >= 4 is 40.2 Å². The van der Waals surface area contributed by atoms with E-state index in [9.17, 15) is 24.5 Å². The first-order valence-corrected chi connectivity index (χ1v) is 13.5. The molecular weight excluding hydrogens is 522 g/mol. The molecule has 1 aliphatic heterocycles. The molecule has 0 aromatic heterocycles. The van der Waals surface area contributed by atoms with Gasteiger partial charge in [0, 0.05) is 29.5 Å². The third-order valence-corrected chi connectivity index (χ3v) is 7.15. The summed E-state index contributed by atoms with van der Waals surface area (Å²) < 4.78 is 10.6. The molecule has 2 aromatic rings. The van der Waals surface area contributed by atoms with Crippen LogP contribution in [0.25, 0.3) is 0 Å². The number of non-ortho nitro benzene ring substituents is 1. The lowest BCUT2D eigenvalue weighted by atomic mass is 9.75. The third-order valence-electron chi connectivity index (χ3n) is 6.14. The highest BCUT2D eigenvalue weighted by Gasteiger charge is 2.43. The van der Waals surface area contributed by atoms with E-state index in [-0.39, 0.29) is 41.0 Å². The first-order valence-electron chi connectivity index (χ1n) is 12.5. The quantitative estimate of drug-likeness (QED) is 0.247. The number of nitrogens with zero attached hydrogens (tertiary/aromatic N) is 2. The van der Waals surface area contributed by atoms with Gasteiger partial charge in [-0.15, -0.1) is 0 Å². The minimum atomic E-state index is -1.02. The van der Waals surface area contributed by atoms with Gasteiger partial charge in [0.1, 0.15) is 5.92 Å². The van der Waals surface area contributed by atoms with Crippen molar-refractivity contribution in [3.63, 3.8) is 0 Å². The van der Waals surface area contributed by atoms with Crippen molar-refractivity contribution in [2.45, 2.75) is 39.2 Å². The van der Waals surface area contributed by atoms with E-state index in [1.54, 1.807) is 26.8 Å². The van der Waals surface area contributed by atoms with Gasteiger partial charge >= 0.3 is 11.9 Å². The second kappa shape index (κ2) is 13.8. The summed E-state index contributed by atoms with van der Waals surface area (Å²) in [5.74, 6) is -3.34. The number of ether oxygens (including phenoxy) is 2. The zero-order chi connectivity index (χ0) is 28.5. The topological polar surface area (TPSA) is 151 Å². The van der Waals surface area contributed by atoms with Crippen LogP contribution in [-0.4, -0.2) is 52.7 Å². The number of carbonyl (C=O) groups is 3. The molecular formula is C28H31N3O7S. The van der Waals surface area contributed by atoms with E-state index in [1.165, 1.54) is 18.2 Å². The number of carbonyl (C=O) groups excluding carboxylic acids is 3. The summed E-state index contributed by atoms with van der Waals surface area (Å²) in [7, 11) is 0. The fraction of sp³-hybridized carbons (Fsp3) is 0.357. The summed E-state index contributed by atoms with van der Waals surface area (Å²) in [5, 5.41) is 11.2. The van der Waals surface area contributed by atoms with Crippen LogP contribution in [0.4, 0.5) is 5.69 Å². The molecule has 11 heteroatoms. The van der Waals surface area contributed by atoms with Gasteiger partial charge < -0.3 is 15.2 Å². The number of nitro groups is 1. The number of nitro benzene ring substituents is 1. The van der Waals surface area contributed by atoms with Crippen molar-refractivity contribution in [2.75, 3.05) is 19.0 Å². The van der Waals surface area contributed by atoms with Gasteiger partial charge in [0.05, 0.1) is 35.4 Å². The molecule has 2 aromatic carbocycles. The van der Waals surface area contributed by atoms with Gasteiger partial charge in [0.15, 0.2) is 0 Å². The largest absolute Gasteiger partial charge is 0.465 e. The first kappa shape index (κ1) is 29.7. The number of hydrogen-bond donors (Lipinski definition) is 1. The smallest absolute Gasteiger partial charge is 0.336 e. The van der Waals surface area contributed by atoms with Gasteiger partial charge in [-0.05, 0) is 38.3 Å². The monoisotopic (exact) mass is 553 g/mol. The second-order valence-electron chi connectivity index (χ2n) is 8.80. The Bertz CT molecular complexity index is 1290. The van der Waals surface area contributed by atoms with Gasteiger partial charge in [-0.1, -0.05) is 54.2 Å². The van der Waals surface area contributed by atoms with E-state index in [0.717, 1.165) is 17.3 Å². The minimum Gasteiger partial charge on any atom is -0.465 e. The molecule has 0 fully saturated rings. The van der Waals surface area contributed by atoms with Crippen LogP contribution >= 0.6 is 11.8 Å². The maximum absolute atomic E-state index is 13.3. The Labute approximate surface area is 230 Å². The fourth-order valence-corrected chi connectivity index (χ4v) is 5.22. The predicted octanol–water partition coefficient (Wildman–Crippen LogP) is 3.98. The average Bonchev–Trinajstić information content (AvgIpc) is 2.91. The lowest BCUT2D eigenvalue weighted by Crippen LogP contribution is -2.37. The molecule has 39 heavy (non-hydrogen) atoms. The predicted molar refractivity (Wildman–Crippen MR) is 148 cm³/mol. The number of nitrogens with two attached hydrogens (primary N) is 1. The molecule has 1 heterocycles. The second-order valence-corrected chi connectivity index (χ2v) is 9.78. The maximum atomic E-state index is 13.3. The van der Waals surface area contributed by atoms with Crippen LogP contribution in [0, 0.1) is 16.0 Å². The molecule has 10 nitrogen and oxygen atoms in total. The fourth-order valence-electron chi connectivity index (χ4n) is 4.42. The summed E-state index contributed by atoms with van der Waals surface area (Å²) in [4.78, 5) is 54.8. The summed E-state index contributed by atoms with van der Waals surface area (Å²) >= 11 is 0.916. The Kier molecular flexibility index (Phi) is 10.5. The number of esters is 2. The third kappa shape index (κ3) is 7.39. The summed E-state index contributed by atoms with van der Waals surface area (Å²) in [6, 6.07) is 14.3. The molecule has 1 aliphatic rings. The van der Waals surface area contributed by atoms with Crippen LogP contribution in [-0.2, 0) is 30.3 Å². The molecule has 206 valence electrons. The highest BCUT2D eigenvalue weighted by molar-refractivity contribution is 8.13. The number of rotatable bonds is 11. The zero-order valence-electron chi connectivity index (χ0n) is 22.0. The van der Waals surface area contributed by atoms with E-state index in [0.29, 0.717) is 17.7 Å². The zero-order valence-corrected chi connectivity index (χ0v) is 22.8. The Hall–Kier alpha value is -3.83. The van der Waals surface area contributed by atoms with Gasteiger partial charge in [-0.25, -0.2) is 4.79 Å². The molecule has 0 saturated heterocycles. The standard InChI is InChI=1S/C28H31N3O7S/c1-4-37-26(32)23-17(3)30-22(16-39-28(34)21(29)14-18-10-7-6-8-11-18)25(27(33)38-5-2)24(23)19-12-9-13-20(15-19)31(35)36/h6-13,15,21,23-24H,4-5,14,16,29H2,1-3H3. The highest BCUT2D eigenvalue weighted by Crippen LogP contribution is 2.42. The number of benzene rings is 2. The summed E-state index contributed by atoms with van der Waals surface area (Å²) in [6.45, 7) is 5.07. The van der Waals surface area contributed by atoms with Crippen molar-refractivity contribution in [1.29, 1.82) is 0 Å². The highest BCUT2D eigenvalue weighted by atomic mass is 32.2. The Morgan fingerprint density at radius 1 is 1.08 bits per heavy atom. The SMILES string of the molecule is CCOC(=O)C1=C(CSC(=O)C(N)Cc2ccccc2)N=C(C)C(C(=O)OCC)C1c1cccc([N+](=O)[O-])c1. The molecule has 2 N–H and O–H groups in total. The molecule has 3 rings (SSSR count). The van der Waals surface area contributed by atoms with Crippen LogP contribution in [0.2, 0.25) is 0 Å². The number of aliphatic imine (C=N–C) groups is 1. The van der Waals surface area contributed by atoms with Crippen molar-refractivity contribution < 1.29 is 28.8 Å². The van der Waals surface area contributed by atoms with E-state index >= 15 is 0 Å². The lowest BCUT2D eigenvalue weighted by Gasteiger charge is -2.32. The van der Waals surface area contributed by atoms with E-state index in [1.807, 2.05) is 30.3 Å². The molecule has 3 unspecified atom stereocenters. The Morgan fingerprint density at radius 2 is 1.77 bits per heavy atom. The van der Waals surface area contributed by atoms with Crippen LogP contribution < -0.4 is 5.73 Å². The molecule has 0 radical (unpaired) electrons. The Balaban J connectivity index is 2.03. The van der Waals surface area contributed by atoms with Crippen LogP contribution in [0.1, 0.15) is 37.8 Å². The van der Waals surface area contributed by atoms with Gasteiger partial charge in [-0.3, -0.25) is 24.7 Å². The first-order chi connectivity index (χ1) is 18.7. The summed E-state index contributed by atoms with van der Waals surface area (Å²) in [5.41, 5.74) is 7.88. The van der Waals surface area contributed by atoms with Crippen molar-refractivity contribution in [3.8, 4) is 0 Å².